The van der Waals surface area contributed by atoms with Gasteiger partial charge in [0.2, 0.25) is 11.8 Å². The number of rotatable bonds is 8. The molecule has 2 fully saturated rings. The highest BCUT2D eigenvalue weighted by molar-refractivity contribution is 6.07. The Morgan fingerprint density at radius 3 is 2.71 bits per heavy atom. The van der Waals surface area contributed by atoms with E-state index in [4.69, 9.17) is 0 Å². The lowest BCUT2D eigenvalue weighted by atomic mass is 9.83. The van der Waals surface area contributed by atoms with Crippen LogP contribution in [0.15, 0.2) is 60.7 Å². The first kappa shape index (κ1) is 26.1. The van der Waals surface area contributed by atoms with Gasteiger partial charge in [0, 0.05) is 43.1 Å². The summed E-state index contributed by atoms with van der Waals surface area (Å²) in [6.07, 6.45) is 6.68. The van der Waals surface area contributed by atoms with E-state index in [0.717, 1.165) is 30.5 Å². The summed E-state index contributed by atoms with van der Waals surface area (Å²) in [5, 5.41) is 21.3. The van der Waals surface area contributed by atoms with E-state index >= 15 is 0 Å². The number of amides is 3. The summed E-state index contributed by atoms with van der Waals surface area (Å²) in [4.78, 5) is 43.8. The molecular weight excluding hydrogens is 482 g/mol. The van der Waals surface area contributed by atoms with E-state index in [-0.39, 0.29) is 37.4 Å². The van der Waals surface area contributed by atoms with Crippen LogP contribution in [0.1, 0.15) is 50.2 Å². The number of hydrogen-bond donors (Lipinski definition) is 2. The zero-order valence-electron chi connectivity index (χ0n) is 21.8. The number of anilines is 2. The van der Waals surface area contributed by atoms with Gasteiger partial charge in [0.25, 0.3) is 5.91 Å². The number of hydrogen-bond acceptors (Lipinski definition) is 5. The summed E-state index contributed by atoms with van der Waals surface area (Å²) in [6, 6.07) is 14.8. The molecule has 38 heavy (non-hydrogen) atoms. The second-order valence-corrected chi connectivity index (χ2v) is 10.5. The van der Waals surface area contributed by atoms with Gasteiger partial charge in [0.1, 0.15) is 0 Å². The second-order valence-electron chi connectivity index (χ2n) is 10.5. The lowest BCUT2D eigenvalue weighted by molar-refractivity contribution is -0.139. The van der Waals surface area contributed by atoms with Crippen molar-refractivity contribution >= 4 is 29.1 Å². The molecule has 3 amide bonds. The van der Waals surface area contributed by atoms with Crippen molar-refractivity contribution in [1.29, 1.82) is 0 Å². The van der Waals surface area contributed by atoms with E-state index in [2.05, 4.69) is 0 Å². The van der Waals surface area contributed by atoms with Gasteiger partial charge < -0.3 is 24.9 Å². The summed E-state index contributed by atoms with van der Waals surface area (Å²) in [5.41, 5.74) is 1.12. The molecule has 0 spiro atoms. The monoisotopic (exact) mass is 517 g/mol. The van der Waals surface area contributed by atoms with Crippen LogP contribution in [0.25, 0.3) is 0 Å². The van der Waals surface area contributed by atoms with Crippen molar-refractivity contribution < 1.29 is 24.6 Å². The number of benzene rings is 2. The maximum Gasteiger partial charge on any atom is 0.264 e. The number of para-hydroxylation sites is 1. The fourth-order valence-corrected chi connectivity index (χ4v) is 5.97. The maximum atomic E-state index is 13.8. The zero-order valence-corrected chi connectivity index (χ0v) is 21.8. The van der Waals surface area contributed by atoms with Gasteiger partial charge >= 0.3 is 0 Å². The molecule has 8 nitrogen and oxygen atoms in total. The number of aliphatic hydroxyl groups excluding tert-OH is 1. The average molecular weight is 518 g/mol. The Kier molecular flexibility index (Phi) is 7.36. The minimum atomic E-state index is -1.76. The Hall–Kier alpha value is -3.49. The Morgan fingerprint density at radius 2 is 1.95 bits per heavy atom. The van der Waals surface area contributed by atoms with Crippen molar-refractivity contribution in [3.63, 3.8) is 0 Å². The maximum absolute atomic E-state index is 13.8. The highest BCUT2D eigenvalue weighted by Crippen LogP contribution is 2.45. The standard InChI is InChI=1S/C30H35N3O5/c1-21(8-4-14-27(35)32-16-6-11-24(32)20-34)30(38)25-12-2-3-13-26(25)33(29(30)37)19-22-9-5-10-23(18-22)31-17-7-15-28(31)36/h2-5,8-10,12-13,18,21,24,34,38H,6-7,11,14-17,19-20H2,1H3/b8-4+/t21-,24+,30+/m1/s1. The molecule has 0 aromatic heterocycles. The van der Waals surface area contributed by atoms with Gasteiger partial charge in [-0.2, -0.15) is 0 Å². The van der Waals surface area contributed by atoms with Crippen molar-refractivity contribution in [2.24, 2.45) is 5.92 Å². The number of aliphatic hydroxyl groups is 2. The minimum Gasteiger partial charge on any atom is -0.394 e. The SMILES string of the molecule is C[C@H](/C=C/CC(=O)N1CCC[C@H]1CO)[C@@]1(O)C(=O)N(Cc2cccc(N3CCCC3=O)c2)c2ccccc21. The van der Waals surface area contributed by atoms with Crippen molar-refractivity contribution in [2.45, 2.75) is 57.2 Å². The first-order valence-electron chi connectivity index (χ1n) is 13.4. The summed E-state index contributed by atoms with van der Waals surface area (Å²) >= 11 is 0. The fourth-order valence-electron chi connectivity index (χ4n) is 5.97. The quantitative estimate of drug-likeness (QED) is 0.524. The van der Waals surface area contributed by atoms with Crippen LogP contribution in [0, 0.1) is 5.92 Å². The molecule has 3 aliphatic rings. The Morgan fingerprint density at radius 1 is 1.13 bits per heavy atom. The first-order valence-corrected chi connectivity index (χ1v) is 13.4. The zero-order chi connectivity index (χ0) is 26.9. The van der Waals surface area contributed by atoms with Gasteiger partial charge in [-0.15, -0.1) is 0 Å². The normalized spacial score (nSPS) is 24.1. The third-order valence-corrected chi connectivity index (χ3v) is 8.10. The van der Waals surface area contributed by atoms with Gasteiger partial charge in [-0.3, -0.25) is 14.4 Å². The summed E-state index contributed by atoms with van der Waals surface area (Å²) < 4.78 is 0. The number of carbonyl (C=O) groups is 3. The van der Waals surface area contributed by atoms with Crippen LogP contribution in [0.3, 0.4) is 0 Å². The van der Waals surface area contributed by atoms with Gasteiger partial charge in [0.05, 0.1) is 24.9 Å². The molecule has 2 aromatic carbocycles. The molecule has 8 heteroatoms. The third-order valence-electron chi connectivity index (χ3n) is 8.10. The predicted octanol–water partition coefficient (Wildman–Crippen LogP) is 3.11. The third kappa shape index (κ3) is 4.63. The van der Waals surface area contributed by atoms with Crippen molar-refractivity contribution in [1.82, 2.24) is 4.90 Å². The van der Waals surface area contributed by atoms with Gasteiger partial charge in [0.15, 0.2) is 5.60 Å². The molecule has 0 radical (unpaired) electrons. The fraction of sp³-hybridized carbons (Fsp3) is 0.433. The van der Waals surface area contributed by atoms with Crippen LogP contribution in [0.2, 0.25) is 0 Å². The predicted molar refractivity (Wildman–Crippen MR) is 144 cm³/mol. The summed E-state index contributed by atoms with van der Waals surface area (Å²) in [5.74, 6) is -0.942. The van der Waals surface area contributed by atoms with E-state index < -0.39 is 17.4 Å². The minimum absolute atomic E-state index is 0.0377. The van der Waals surface area contributed by atoms with E-state index in [1.165, 1.54) is 0 Å². The van der Waals surface area contributed by atoms with Crippen LogP contribution in [0.4, 0.5) is 11.4 Å². The summed E-state index contributed by atoms with van der Waals surface area (Å²) in [6.45, 7) is 3.35. The van der Waals surface area contributed by atoms with Crippen molar-refractivity contribution in [3.05, 3.63) is 71.8 Å². The van der Waals surface area contributed by atoms with Gasteiger partial charge in [-0.25, -0.2) is 0 Å². The summed E-state index contributed by atoms with van der Waals surface area (Å²) in [7, 11) is 0. The van der Waals surface area contributed by atoms with Crippen LogP contribution >= 0.6 is 0 Å². The van der Waals surface area contributed by atoms with Crippen molar-refractivity contribution in [3.8, 4) is 0 Å². The van der Waals surface area contributed by atoms with Crippen LogP contribution in [-0.2, 0) is 26.5 Å². The lowest BCUT2D eigenvalue weighted by Crippen LogP contribution is -2.44. The van der Waals surface area contributed by atoms with E-state index in [1.54, 1.807) is 39.8 Å². The van der Waals surface area contributed by atoms with Crippen molar-refractivity contribution in [2.75, 3.05) is 29.5 Å². The molecule has 2 saturated heterocycles. The van der Waals surface area contributed by atoms with Crippen LogP contribution in [-0.4, -0.2) is 58.6 Å². The number of carbonyl (C=O) groups excluding carboxylic acids is 3. The Bertz CT molecular complexity index is 1260. The largest absolute Gasteiger partial charge is 0.394 e. The topological polar surface area (TPSA) is 101 Å². The first-order chi connectivity index (χ1) is 18.3. The highest BCUT2D eigenvalue weighted by Gasteiger charge is 2.52. The molecule has 0 aliphatic carbocycles. The van der Waals surface area contributed by atoms with Gasteiger partial charge in [-0.1, -0.05) is 49.4 Å². The average Bonchev–Trinajstić information content (AvgIpc) is 3.64. The van der Waals surface area contributed by atoms with E-state index in [1.807, 2.05) is 42.5 Å². The Labute approximate surface area is 223 Å². The molecule has 0 saturated carbocycles. The number of nitrogens with zero attached hydrogens (tertiary/aromatic N) is 3. The molecule has 3 heterocycles. The number of fused-ring (bicyclic) bond motifs is 1. The smallest absolute Gasteiger partial charge is 0.264 e. The highest BCUT2D eigenvalue weighted by atomic mass is 16.3. The molecule has 0 bridgehead atoms. The van der Waals surface area contributed by atoms with E-state index in [9.17, 15) is 24.6 Å². The molecule has 2 aromatic rings. The molecule has 5 rings (SSSR count). The lowest BCUT2D eigenvalue weighted by Gasteiger charge is -2.28. The second kappa shape index (κ2) is 10.7. The molecule has 2 N–H and O–H groups in total. The molecular formula is C30H35N3O5. The van der Waals surface area contributed by atoms with Gasteiger partial charge in [-0.05, 0) is 43.0 Å². The van der Waals surface area contributed by atoms with Crippen LogP contribution in [0.5, 0.6) is 0 Å². The molecule has 0 unspecified atom stereocenters. The number of likely N-dealkylation sites (tertiary alicyclic amines) is 1. The molecule has 200 valence electrons. The Balaban J connectivity index is 1.34. The van der Waals surface area contributed by atoms with Crippen LogP contribution < -0.4 is 9.80 Å². The molecule has 3 aliphatic heterocycles. The van der Waals surface area contributed by atoms with E-state index in [0.29, 0.717) is 30.8 Å². The molecule has 3 atom stereocenters.